The smallest absolute Gasteiger partial charge is 0.175 e. The molecule has 0 aliphatic heterocycles. The van der Waals surface area contributed by atoms with E-state index in [0.29, 0.717) is 38.4 Å². The predicted molar refractivity (Wildman–Crippen MR) is 219 cm³/mol. The van der Waals surface area contributed by atoms with Gasteiger partial charge in [0.05, 0.1) is 35.2 Å². The zero-order valence-corrected chi connectivity index (χ0v) is 29.1. The lowest BCUT2D eigenvalue weighted by molar-refractivity contribution is 0.0966. The highest BCUT2D eigenvalue weighted by Crippen LogP contribution is 2.56. The van der Waals surface area contributed by atoms with Crippen LogP contribution in [0.25, 0.3) is 48.9 Å². The lowest BCUT2D eigenvalue weighted by atomic mass is 9.72. The molecule has 0 unspecified atom stereocenters. The molecule has 0 fully saturated rings. The van der Waals surface area contributed by atoms with Crippen LogP contribution in [0.1, 0.15) is 107 Å². The number of carbonyl (C=O) groups excluding carboxylic acids is 2. The maximum absolute atomic E-state index is 15.2. The second kappa shape index (κ2) is 9.63. The topological polar surface area (TPSA) is 38.5 Å². The van der Waals surface area contributed by atoms with E-state index in [2.05, 4.69) is 65.1 Å². The molecule has 8 aromatic carbocycles. The first kappa shape index (κ1) is 24.5. The molecular weight excluding hydrogens is 671 g/mol. The van der Waals surface area contributed by atoms with E-state index in [0.717, 1.165) is 66.4 Å². The largest absolute Gasteiger partial charge is 0.308 e. The summed E-state index contributed by atoms with van der Waals surface area (Å²) in [5.74, 6) is -1.44. The number of hydrogen-bond donors (Lipinski definition) is 0. The third-order valence-corrected chi connectivity index (χ3v) is 13.4. The first-order valence-corrected chi connectivity index (χ1v) is 18.9. The number of nitrogens with zero attached hydrogens (tertiary/aromatic N) is 1. The molecule has 0 atom stereocenters. The minimum absolute atomic E-state index is 0.000432. The summed E-state index contributed by atoms with van der Waals surface area (Å²) < 4.78 is 48.2. The Morgan fingerprint density at radius 3 is 1.35 bits per heavy atom. The van der Waals surface area contributed by atoms with Gasteiger partial charge in [-0.05, 0) is 96.7 Å². The number of rotatable bonds is 0. The van der Waals surface area contributed by atoms with Gasteiger partial charge in [0.1, 0.15) is 0 Å². The van der Waals surface area contributed by atoms with E-state index in [1.54, 1.807) is 0 Å². The first-order valence-electron chi connectivity index (χ1n) is 21.4. The molecule has 10 aromatic rings. The van der Waals surface area contributed by atoms with Crippen LogP contribution >= 0.6 is 0 Å². The van der Waals surface area contributed by atoms with Crippen molar-refractivity contribution < 1.29 is 16.4 Å². The Hall–Kier alpha value is -6.84. The molecule has 2 aromatic heterocycles. The summed E-state index contributed by atoms with van der Waals surface area (Å²) in [7, 11) is 0. The third kappa shape index (κ3) is 3.25. The first-order chi connectivity index (χ1) is 29.2. The van der Waals surface area contributed by atoms with Crippen LogP contribution in [0, 0.1) is 0 Å². The zero-order chi connectivity index (χ0) is 40.2. The molecule has 6 aliphatic rings. The van der Waals surface area contributed by atoms with Gasteiger partial charge in [0.15, 0.2) is 11.6 Å². The third-order valence-electron chi connectivity index (χ3n) is 13.4. The molecule has 0 amide bonds. The molecule has 0 saturated heterocycles. The second-order valence-electron chi connectivity index (χ2n) is 15.7. The number of fused-ring (bicyclic) bond motifs is 8. The number of ketones is 2. The van der Waals surface area contributed by atoms with E-state index in [1.165, 1.54) is 0 Å². The van der Waals surface area contributed by atoms with Crippen LogP contribution in [0.4, 0.5) is 0 Å². The van der Waals surface area contributed by atoms with E-state index >= 15 is 9.59 Å². The zero-order valence-electron chi connectivity index (χ0n) is 34.1. The van der Waals surface area contributed by atoms with Gasteiger partial charge >= 0.3 is 0 Å². The number of carbonyl (C=O) groups is 2. The number of benzene rings is 8. The summed E-state index contributed by atoms with van der Waals surface area (Å²) in [5.41, 5.74) is 13.3. The quantitative estimate of drug-likeness (QED) is 0.158. The van der Waals surface area contributed by atoms with Crippen molar-refractivity contribution in [1.29, 1.82) is 0 Å². The predicted octanol–water partition coefficient (Wildman–Crippen LogP) is 11.6. The molecule has 2 heterocycles. The fourth-order valence-corrected chi connectivity index (χ4v) is 11.3. The van der Waals surface area contributed by atoms with Crippen molar-refractivity contribution in [3.05, 3.63) is 218 Å². The van der Waals surface area contributed by atoms with Crippen LogP contribution in [0.15, 0.2) is 152 Å². The van der Waals surface area contributed by atoms with Gasteiger partial charge in [0.25, 0.3) is 0 Å². The summed E-state index contributed by atoms with van der Waals surface area (Å²) in [4.78, 5) is 30.3. The van der Waals surface area contributed by atoms with Gasteiger partial charge < -0.3 is 4.40 Å². The summed E-state index contributed by atoms with van der Waals surface area (Å²) in [6.45, 7) is 0. The van der Waals surface area contributed by atoms with Gasteiger partial charge in [-0.1, -0.05) is 121 Å². The molecular formula is C52H29NO2. The van der Waals surface area contributed by atoms with E-state index in [9.17, 15) is 4.11 Å². The van der Waals surface area contributed by atoms with Gasteiger partial charge in [0, 0.05) is 44.5 Å². The van der Waals surface area contributed by atoms with E-state index in [1.807, 2.05) is 60.7 Å². The standard InChI is InChI=1S/C52H29NO2/c54-51-40-24-43-36(22-37(40)45-28-13-3-7-17-32(28)48(51)33-18-8-4-14-29(33)45)39-21-26-11-1-2-12-27(26)47-42-23-38-41(25-44(42)53(43)50(39)47)52(55)49-34-19-9-5-15-30(34)46(38)31-16-6-10-20-35(31)49/h1-25,45-46,48-49H/i1D,2D,11D,12D,21D. The van der Waals surface area contributed by atoms with Crippen molar-refractivity contribution in [3.8, 4) is 0 Å². The highest BCUT2D eigenvalue weighted by molar-refractivity contribution is 6.32. The van der Waals surface area contributed by atoms with E-state index in [-0.39, 0.29) is 58.3 Å². The van der Waals surface area contributed by atoms with Crippen LogP contribution in [0.3, 0.4) is 0 Å². The van der Waals surface area contributed by atoms with Crippen LogP contribution in [-0.2, 0) is 0 Å². The summed E-state index contributed by atoms with van der Waals surface area (Å²) in [6.07, 6.45) is 0. The monoisotopic (exact) mass is 704 g/mol. The van der Waals surface area contributed by atoms with Crippen LogP contribution in [-0.4, -0.2) is 16.0 Å². The second-order valence-corrected chi connectivity index (χ2v) is 15.7. The van der Waals surface area contributed by atoms with E-state index < -0.39 is 17.9 Å². The molecule has 6 aliphatic carbocycles. The number of hydrogen-bond acceptors (Lipinski definition) is 2. The normalized spacial score (nSPS) is 21.3. The molecule has 4 bridgehead atoms. The van der Waals surface area contributed by atoms with Gasteiger partial charge in [0.2, 0.25) is 0 Å². The minimum atomic E-state index is -0.488. The number of Topliss-reactive ketones (excluding diaryl/α,β-unsaturated/α-hetero) is 2. The SMILES string of the molecule is [2H]c1c([2H])c([2H])c2c(c1[2H])c([2H])c1c3cc4c(cc3n3c5cc6c(cc5c2c13)C1c2ccccc2C(C6=O)c2ccccc21)C(=O)C1c2ccccc2C4c2ccccc21. The summed E-state index contributed by atoms with van der Waals surface area (Å²) >= 11 is 0. The lowest BCUT2D eigenvalue weighted by Gasteiger charge is -2.30. The van der Waals surface area contributed by atoms with Gasteiger partial charge in [-0.25, -0.2) is 0 Å². The van der Waals surface area contributed by atoms with E-state index in [4.69, 9.17) is 2.74 Å². The van der Waals surface area contributed by atoms with Crippen LogP contribution in [0.5, 0.6) is 0 Å². The van der Waals surface area contributed by atoms with Crippen molar-refractivity contribution >= 4 is 60.4 Å². The van der Waals surface area contributed by atoms with Gasteiger partial charge in [-0.15, -0.1) is 0 Å². The van der Waals surface area contributed by atoms with Crippen molar-refractivity contribution in [3.63, 3.8) is 0 Å². The fourth-order valence-electron chi connectivity index (χ4n) is 11.3. The Balaban J connectivity index is 1.19. The van der Waals surface area contributed by atoms with Crippen molar-refractivity contribution in [2.45, 2.75) is 23.7 Å². The van der Waals surface area contributed by atoms with Gasteiger partial charge in [-0.3, -0.25) is 9.59 Å². The Morgan fingerprint density at radius 2 is 0.855 bits per heavy atom. The van der Waals surface area contributed by atoms with Crippen molar-refractivity contribution in [1.82, 2.24) is 4.40 Å². The summed E-state index contributed by atoms with van der Waals surface area (Å²) in [5, 5.41) is 3.07. The van der Waals surface area contributed by atoms with Crippen molar-refractivity contribution in [2.24, 2.45) is 0 Å². The molecule has 0 saturated carbocycles. The highest BCUT2D eigenvalue weighted by atomic mass is 16.1. The molecule has 3 nitrogen and oxygen atoms in total. The van der Waals surface area contributed by atoms with Gasteiger partial charge in [-0.2, -0.15) is 0 Å². The lowest BCUT2D eigenvalue weighted by Crippen LogP contribution is -2.19. The molecule has 16 rings (SSSR count). The Labute approximate surface area is 322 Å². The Bertz CT molecular complexity index is 3660. The number of aromatic nitrogens is 1. The molecule has 0 N–H and O–H groups in total. The Morgan fingerprint density at radius 1 is 0.436 bits per heavy atom. The van der Waals surface area contributed by atoms with Crippen LogP contribution in [0.2, 0.25) is 0 Å². The molecule has 254 valence electrons. The molecule has 0 spiro atoms. The van der Waals surface area contributed by atoms with Crippen LogP contribution < -0.4 is 0 Å². The average molecular weight is 705 g/mol. The molecule has 55 heavy (non-hydrogen) atoms. The molecule has 0 radical (unpaired) electrons. The maximum Gasteiger partial charge on any atom is 0.175 e. The maximum atomic E-state index is 15.2. The Kier molecular flexibility index (Phi) is 4.28. The fraction of sp³-hybridized carbons (Fsp3) is 0.0769. The van der Waals surface area contributed by atoms with Crippen molar-refractivity contribution in [2.75, 3.05) is 0 Å². The molecule has 3 heteroatoms. The minimum Gasteiger partial charge on any atom is -0.308 e. The highest BCUT2D eigenvalue weighted by Gasteiger charge is 2.45. The average Bonchev–Trinajstić information content (AvgIpc) is 3.64. The summed E-state index contributed by atoms with van der Waals surface area (Å²) in [6, 6.07) is 39.6.